The van der Waals surface area contributed by atoms with Crippen molar-refractivity contribution in [3.63, 3.8) is 0 Å². The number of benzene rings is 1. The molecule has 0 unspecified atom stereocenters. The summed E-state index contributed by atoms with van der Waals surface area (Å²) in [5, 5.41) is 5.55. The highest BCUT2D eigenvalue weighted by Gasteiger charge is 2.19. The Bertz CT molecular complexity index is 972. The number of rotatable bonds is 7. The van der Waals surface area contributed by atoms with Crippen LogP contribution in [-0.2, 0) is 0 Å². The van der Waals surface area contributed by atoms with Gasteiger partial charge in [-0.2, -0.15) is 0 Å². The fraction of sp³-hybridized carbons (Fsp3) is 0.318. The molecule has 8 heteroatoms. The summed E-state index contributed by atoms with van der Waals surface area (Å²) in [6.07, 6.45) is 4.30. The summed E-state index contributed by atoms with van der Waals surface area (Å²) in [5.41, 5.74) is 2.09. The maximum absolute atomic E-state index is 13.9. The Morgan fingerprint density at radius 3 is 2.63 bits per heavy atom. The Labute approximate surface area is 179 Å². The van der Waals surface area contributed by atoms with Crippen molar-refractivity contribution in [1.82, 2.24) is 20.2 Å². The van der Waals surface area contributed by atoms with Crippen LogP contribution in [0.4, 0.5) is 10.1 Å². The minimum absolute atomic E-state index is 0.143. The number of amides is 1. The van der Waals surface area contributed by atoms with Gasteiger partial charge in [0.25, 0.3) is 5.91 Å². The quantitative estimate of drug-likeness (QED) is 0.589. The van der Waals surface area contributed by atoms with Crippen molar-refractivity contribution in [3.05, 3.63) is 65.7 Å². The van der Waals surface area contributed by atoms with Crippen molar-refractivity contribution in [3.8, 4) is 10.6 Å². The Morgan fingerprint density at radius 2 is 1.87 bits per heavy atom. The van der Waals surface area contributed by atoms with Crippen molar-refractivity contribution in [2.24, 2.45) is 0 Å². The second kappa shape index (κ2) is 9.77. The molecule has 1 amide bonds. The van der Waals surface area contributed by atoms with Gasteiger partial charge in [-0.05, 0) is 37.2 Å². The van der Waals surface area contributed by atoms with Crippen molar-refractivity contribution in [2.45, 2.75) is 6.42 Å². The molecule has 30 heavy (non-hydrogen) atoms. The summed E-state index contributed by atoms with van der Waals surface area (Å²) < 4.78 is 13.9. The lowest BCUT2D eigenvalue weighted by Gasteiger charge is -2.36. The Balaban J connectivity index is 1.18. The van der Waals surface area contributed by atoms with Crippen LogP contribution in [-0.4, -0.2) is 60.0 Å². The van der Waals surface area contributed by atoms with Gasteiger partial charge in [-0.1, -0.05) is 12.1 Å². The van der Waals surface area contributed by atoms with Crippen LogP contribution in [0.5, 0.6) is 0 Å². The van der Waals surface area contributed by atoms with E-state index in [1.807, 2.05) is 24.3 Å². The zero-order valence-electron chi connectivity index (χ0n) is 16.6. The molecule has 2 aromatic heterocycles. The lowest BCUT2D eigenvalue weighted by atomic mass is 10.2. The number of anilines is 1. The third-order valence-electron chi connectivity index (χ3n) is 5.17. The minimum atomic E-state index is -0.164. The number of nitrogens with one attached hydrogen (secondary N) is 1. The fourth-order valence-electron chi connectivity index (χ4n) is 3.52. The van der Waals surface area contributed by atoms with Crippen LogP contribution in [0.25, 0.3) is 10.6 Å². The molecule has 0 aliphatic carbocycles. The van der Waals surface area contributed by atoms with Gasteiger partial charge in [-0.25, -0.2) is 9.37 Å². The molecule has 1 fully saturated rings. The van der Waals surface area contributed by atoms with Crippen LogP contribution in [0.2, 0.25) is 0 Å². The number of carbonyl (C=O) groups excluding carboxylic acids is 1. The topological polar surface area (TPSA) is 61.4 Å². The van der Waals surface area contributed by atoms with E-state index in [0.717, 1.165) is 49.7 Å². The number of nitrogens with zero attached hydrogens (tertiary/aromatic N) is 4. The maximum atomic E-state index is 13.9. The number of piperazine rings is 1. The van der Waals surface area contributed by atoms with Crippen LogP contribution in [0.1, 0.15) is 16.9 Å². The van der Waals surface area contributed by atoms with Gasteiger partial charge in [-0.3, -0.25) is 14.7 Å². The van der Waals surface area contributed by atoms with Gasteiger partial charge in [-0.15, -0.1) is 11.3 Å². The molecule has 1 N–H and O–H groups in total. The van der Waals surface area contributed by atoms with E-state index < -0.39 is 0 Å². The van der Waals surface area contributed by atoms with Gasteiger partial charge < -0.3 is 10.2 Å². The molecular weight excluding hydrogens is 401 g/mol. The van der Waals surface area contributed by atoms with E-state index in [0.29, 0.717) is 17.9 Å². The highest BCUT2D eigenvalue weighted by molar-refractivity contribution is 7.13. The number of hydrogen-bond donors (Lipinski definition) is 1. The van der Waals surface area contributed by atoms with E-state index in [9.17, 15) is 9.18 Å². The van der Waals surface area contributed by atoms with Gasteiger partial charge in [0.05, 0.1) is 5.69 Å². The summed E-state index contributed by atoms with van der Waals surface area (Å²) in [6.45, 7) is 4.92. The van der Waals surface area contributed by atoms with Crippen molar-refractivity contribution in [1.29, 1.82) is 0 Å². The number of pyridine rings is 1. The molecule has 1 aliphatic rings. The van der Waals surface area contributed by atoms with Crippen LogP contribution in [0, 0.1) is 5.82 Å². The van der Waals surface area contributed by atoms with Crippen LogP contribution >= 0.6 is 11.3 Å². The molecule has 4 rings (SSSR count). The van der Waals surface area contributed by atoms with Crippen molar-refractivity contribution >= 4 is 22.9 Å². The van der Waals surface area contributed by atoms with Crippen LogP contribution < -0.4 is 10.2 Å². The van der Waals surface area contributed by atoms with Gasteiger partial charge in [0.2, 0.25) is 0 Å². The number of carbonyl (C=O) groups is 1. The summed E-state index contributed by atoms with van der Waals surface area (Å²) in [7, 11) is 0. The standard InChI is InChI=1S/C22H24FN5OS/c23-18-4-1-2-5-20(18)28-14-12-27(13-15-28)11-3-8-25-21(29)19-16-30-22(26-19)17-6-9-24-10-7-17/h1-2,4-7,9-10,16H,3,8,11-15H2,(H,25,29). The average molecular weight is 426 g/mol. The molecule has 3 heterocycles. The molecule has 0 bridgehead atoms. The van der Waals surface area contributed by atoms with Gasteiger partial charge >= 0.3 is 0 Å². The molecule has 0 spiro atoms. The highest BCUT2D eigenvalue weighted by atomic mass is 32.1. The lowest BCUT2D eigenvalue weighted by molar-refractivity contribution is 0.0947. The maximum Gasteiger partial charge on any atom is 0.270 e. The van der Waals surface area contributed by atoms with Gasteiger partial charge in [0.15, 0.2) is 0 Å². The average Bonchev–Trinajstić information content (AvgIpc) is 3.29. The normalized spacial score (nSPS) is 14.6. The SMILES string of the molecule is O=C(NCCCN1CCN(c2ccccc2F)CC1)c1csc(-c2ccncc2)n1. The molecule has 0 saturated carbocycles. The molecule has 156 valence electrons. The molecule has 6 nitrogen and oxygen atoms in total. The zero-order chi connectivity index (χ0) is 20.8. The lowest BCUT2D eigenvalue weighted by Crippen LogP contribution is -2.47. The first-order valence-corrected chi connectivity index (χ1v) is 10.9. The van der Waals surface area contributed by atoms with Crippen molar-refractivity contribution < 1.29 is 9.18 Å². The highest BCUT2D eigenvalue weighted by Crippen LogP contribution is 2.23. The molecule has 1 saturated heterocycles. The third-order valence-corrected chi connectivity index (χ3v) is 6.06. The van der Waals surface area contributed by atoms with Crippen LogP contribution in [0.15, 0.2) is 54.2 Å². The van der Waals surface area contributed by atoms with E-state index >= 15 is 0 Å². The fourth-order valence-corrected chi connectivity index (χ4v) is 4.33. The minimum Gasteiger partial charge on any atom is -0.367 e. The number of para-hydroxylation sites is 1. The smallest absolute Gasteiger partial charge is 0.270 e. The summed E-state index contributed by atoms with van der Waals surface area (Å²) in [4.78, 5) is 25.2. The van der Waals surface area contributed by atoms with Crippen molar-refractivity contribution in [2.75, 3.05) is 44.2 Å². The summed E-state index contributed by atoms with van der Waals surface area (Å²) in [6, 6.07) is 10.7. The monoisotopic (exact) mass is 425 g/mol. The predicted octanol–water partition coefficient (Wildman–Crippen LogP) is 3.29. The number of halogens is 1. The molecular formula is C22H24FN5OS. The van der Waals surface area contributed by atoms with E-state index in [1.165, 1.54) is 17.4 Å². The Morgan fingerprint density at radius 1 is 1.10 bits per heavy atom. The van der Waals surface area contributed by atoms with E-state index in [4.69, 9.17) is 0 Å². The van der Waals surface area contributed by atoms with E-state index in [1.54, 1.807) is 23.8 Å². The Hall–Kier alpha value is -2.84. The second-order valence-corrected chi connectivity index (χ2v) is 8.02. The number of thiazole rings is 1. The van der Waals surface area contributed by atoms with Gasteiger partial charge in [0.1, 0.15) is 16.5 Å². The van der Waals surface area contributed by atoms with Gasteiger partial charge in [0, 0.05) is 56.1 Å². The molecule has 0 radical (unpaired) electrons. The van der Waals surface area contributed by atoms with Crippen LogP contribution in [0.3, 0.4) is 0 Å². The summed E-state index contributed by atoms with van der Waals surface area (Å²) >= 11 is 1.45. The third kappa shape index (κ3) is 5.01. The predicted molar refractivity (Wildman–Crippen MR) is 117 cm³/mol. The first-order valence-electron chi connectivity index (χ1n) is 10.1. The zero-order valence-corrected chi connectivity index (χ0v) is 17.4. The van der Waals surface area contributed by atoms with E-state index in [-0.39, 0.29) is 11.7 Å². The first-order chi connectivity index (χ1) is 14.7. The Kier molecular flexibility index (Phi) is 6.66. The first kappa shape index (κ1) is 20.4. The largest absolute Gasteiger partial charge is 0.367 e. The molecule has 3 aromatic rings. The van der Waals surface area contributed by atoms with E-state index in [2.05, 4.69) is 25.1 Å². The number of aromatic nitrogens is 2. The summed E-state index contributed by atoms with van der Waals surface area (Å²) in [5.74, 6) is -0.307. The molecule has 1 aromatic carbocycles. The second-order valence-electron chi connectivity index (χ2n) is 7.16. The molecule has 1 aliphatic heterocycles. The number of hydrogen-bond acceptors (Lipinski definition) is 6. The molecule has 0 atom stereocenters.